The van der Waals surface area contributed by atoms with E-state index in [1.807, 2.05) is 43.4 Å². The maximum Gasteiger partial charge on any atom is 0.270 e. The van der Waals surface area contributed by atoms with Crippen molar-refractivity contribution in [1.29, 1.82) is 0 Å². The van der Waals surface area contributed by atoms with Gasteiger partial charge in [0.15, 0.2) is 0 Å². The molecular weight excluding hydrogens is 449 g/mol. The summed E-state index contributed by atoms with van der Waals surface area (Å²) in [4.78, 5) is 34.8. The predicted octanol–water partition coefficient (Wildman–Crippen LogP) is 3.98. The van der Waals surface area contributed by atoms with Gasteiger partial charge in [-0.1, -0.05) is 0 Å². The van der Waals surface area contributed by atoms with Crippen molar-refractivity contribution >= 4 is 45.8 Å². The zero-order valence-electron chi connectivity index (χ0n) is 14.5. The molecule has 0 aliphatic carbocycles. The van der Waals surface area contributed by atoms with E-state index in [0.717, 1.165) is 0 Å². The number of anilines is 1. The minimum atomic E-state index is -0.546. The lowest BCUT2D eigenvalue weighted by Crippen LogP contribution is -2.40. The molecule has 0 heterocycles. The highest BCUT2D eigenvalue weighted by atomic mass is 127. The highest BCUT2D eigenvalue weighted by Crippen LogP contribution is 2.21. The van der Waals surface area contributed by atoms with E-state index in [9.17, 15) is 19.7 Å². The normalized spacial score (nSPS) is 10.9. The molecule has 0 radical (unpaired) electrons. The summed E-state index contributed by atoms with van der Waals surface area (Å²) in [5.74, 6) is -0.659. The first-order valence-electron chi connectivity index (χ1n) is 7.75. The third-order valence-corrected chi connectivity index (χ3v) is 4.24. The molecule has 7 nitrogen and oxygen atoms in total. The van der Waals surface area contributed by atoms with E-state index in [-0.39, 0.29) is 22.7 Å². The molecule has 0 aliphatic rings. The van der Waals surface area contributed by atoms with Crippen LogP contribution in [0.25, 0.3) is 0 Å². The summed E-state index contributed by atoms with van der Waals surface area (Å²) in [5.41, 5.74) is 0.689. The predicted molar refractivity (Wildman–Crippen MR) is 107 cm³/mol. The SMILES string of the molecule is CC(C)(C)NC(=O)c1ccc(NC(=O)c2cc([N+](=O)[O-])ccc2I)cc1. The number of nitro benzene ring substituents is 1. The average Bonchev–Trinajstić information content (AvgIpc) is 2.54. The number of carbonyl (C=O) groups is 2. The Balaban J connectivity index is 2.14. The second-order valence-corrected chi connectivity index (χ2v) is 7.82. The minimum absolute atomic E-state index is 0.148. The van der Waals surface area contributed by atoms with E-state index in [1.54, 1.807) is 24.3 Å². The van der Waals surface area contributed by atoms with Gasteiger partial charge in [-0.05, 0) is 73.7 Å². The van der Waals surface area contributed by atoms with Gasteiger partial charge >= 0.3 is 0 Å². The molecule has 2 rings (SSSR count). The molecule has 8 heteroatoms. The van der Waals surface area contributed by atoms with Crippen molar-refractivity contribution in [2.75, 3.05) is 5.32 Å². The number of halogens is 1. The third kappa shape index (κ3) is 5.25. The van der Waals surface area contributed by atoms with Crippen LogP contribution >= 0.6 is 22.6 Å². The van der Waals surface area contributed by atoms with Crippen molar-refractivity contribution in [1.82, 2.24) is 5.32 Å². The quantitative estimate of drug-likeness (QED) is 0.404. The van der Waals surface area contributed by atoms with Crippen molar-refractivity contribution in [3.05, 3.63) is 67.3 Å². The van der Waals surface area contributed by atoms with Gasteiger partial charge in [0.25, 0.3) is 17.5 Å². The van der Waals surface area contributed by atoms with Crippen LogP contribution in [0.3, 0.4) is 0 Å². The van der Waals surface area contributed by atoms with Gasteiger partial charge in [-0.15, -0.1) is 0 Å². The fourth-order valence-corrected chi connectivity index (χ4v) is 2.70. The fraction of sp³-hybridized carbons (Fsp3) is 0.222. The number of hydrogen-bond donors (Lipinski definition) is 2. The van der Waals surface area contributed by atoms with Crippen molar-refractivity contribution in [3.8, 4) is 0 Å². The van der Waals surface area contributed by atoms with E-state index in [1.165, 1.54) is 18.2 Å². The largest absolute Gasteiger partial charge is 0.347 e. The van der Waals surface area contributed by atoms with Gasteiger partial charge in [0.2, 0.25) is 0 Å². The van der Waals surface area contributed by atoms with Gasteiger partial charge in [0, 0.05) is 32.5 Å². The van der Waals surface area contributed by atoms with E-state index >= 15 is 0 Å². The maximum atomic E-state index is 12.4. The van der Waals surface area contributed by atoms with Crippen LogP contribution in [0.5, 0.6) is 0 Å². The second-order valence-electron chi connectivity index (χ2n) is 6.66. The standard InChI is InChI=1S/C18H18IN3O4/c1-18(2,3)21-16(23)11-4-6-12(7-5-11)20-17(24)14-10-13(22(25)26)8-9-15(14)19/h4-10H,1-3H3,(H,20,24)(H,21,23). The van der Waals surface area contributed by atoms with Crippen LogP contribution < -0.4 is 10.6 Å². The summed E-state index contributed by atoms with van der Waals surface area (Å²) in [5, 5.41) is 16.4. The first-order chi connectivity index (χ1) is 12.1. The second kappa shape index (κ2) is 7.81. The van der Waals surface area contributed by atoms with Crippen LogP contribution in [0.4, 0.5) is 11.4 Å². The van der Waals surface area contributed by atoms with E-state index in [4.69, 9.17) is 0 Å². The molecule has 0 atom stereocenters. The molecule has 0 fully saturated rings. The molecule has 26 heavy (non-hydrogen) atoms. The molecule has 0 unspecified atom stereocenters. The number of nitrogens with one attached hydrogen (secondary N) is 2. The first-order valence-corrected chi connectivity index (χ1v) is 8.82. The number of non-ortho nitro benzene ring substituents is 1. The van der Waals surface area contributed by atoms with Crippen LogP contribution in [0.2, 0.25) is 0 Å². The molecule has 136 valence electrons. The highest BCUT2D eigenvalue weighted by Gasteiger charge is 2.17. The molecule has 0 saturated heterocycles. The van der Waals surface area contributed by atoms with Gasteiger partial charge in [0.05, 0.1) is 10.5 Å². The molecule has 2 amide bonds. The zero-order valence-corrected chi connectivity index (χ0v) is 16.7. The Hall–Kier alpha value is -2.49. The summed E-state index contributed by atoms with van der Waals surface area (Å²) in [7, 11) is 0. The van der Waals surface area contributed by atoms with Crippen LogP contribution in [0, 0.1) is 13.7 Å². The third-order valence-electron chi connectivity index (χ3n) is 3.30. The van der Waals surface area contributed by atoms with Crippen molar-refractivity contribution < 1.29 is 14.5 Å². The first kappa shape index (κ1) is 19.8. The molecule has 2 aromatic carbocycles. The zero-order chi connectivity index (χ0) is 19.5. The lowest BCUT2D eigenvalue weighted by molar-refractivity contribution is -0.384. The Morgan fingerprint density at radius 2 is 1.65 bits per heavy atom. The number of carbonyl (C=O) groups excluding carboxylic acids is 2. The molecule has 0 bridgehead atoms. The number of benzene rings is 2. The molecule has 2 N–H and O–H groups in total. The van der Waals surface area contributed by atoms with Gasteiger partial charge in [-0.3, -0.25) is 19.7 Å². The molecule has 0 spiro atoms. The van der Waals surface area contributed by atoms with Crippen molar-refractivity contribution in [2.45, 2.75) is 26.3 Å². The molecule has 0 aromatic heterocycles. The maximum absolute atomic E-state index is 12.4. The number of nitro groups is 1. The van der Waals surface area contributed by atoms with E-state index < -0.39 is 10.8 Å². The van der Waals surface area contributed by atoms with Crippen LogP contribution in [0.15, 0.2) is 42.5 Å². The van der Waals surface area contributed by atoms with E-state index in [2.05, 4.69) is 10.6 Å². The highest BCUT2D eigenvalue weighted by molar-refractivity contribution is 14.1. The Kier molecular flexibility index (Phi) is 5.96. The molecule has 0 aliphatic heterocycles. The van der Waals surface area contributed by atoms with Gasteiger partial charge in [-0.2, -0.15) is 0 Å². The summed E-state index contributed by atoms with van der Waals surface area (Å²) < 4.78 is 0.604. The fourth-order valence-electron chi connectivity index (χ4n) is 2.12. The Morgan fingerprint density at radius 3 is 2.19 bits per heavy atom. The molecular formula is C18H18IN3O4. The summed E-state index contributed by atoms with van der Waals surface area (Å²) in [6.45, 7) is 5.67. The summed E-state index contributed by atoms with van der Waals surface area (Å²) >= 11 is 1.95. The molecule has 2 aromatic rings. The molecule has 0 saturated carbocycles. The number of hydrogen-bond acceptors (Lipinski definition) is 4. The smallest absolute Gasteiger partial charge is 0.270 e. The summed E-state index contributed by atoms with van der Waals surface area (Å²) in [6, 6.07) is 10.5. The van der Waals surface area contributed by atoms with Gasteiger partial charge in [-0.25, -0.2) is 0 Å². The van der Waals surface area contributed by atoms with Crippen molar-refractivity contribution in [2.24, 2.45) is 0 Å². The number of nitrogens with zero attached hydrogens (tertiary/aromatic N) is 1. The Bertz CT molecular complexity index is 858. The van der Waals surface area contributed by atoms with Crippen LogP contribution in [-0.2, 0) is 0 Å². The van der Waals surface area contributed by atoms with Crippen molar-refractivity contribution in [3.63, 3.8) is 0 Å². The Morgan fingerprint density at radius 1 is 1.04 bits per heavy atom. The lowest BCUT2D eigenvalue weighted by Gasteiger charge is -2.20. The van der Waals surface area contributed by atoms with Crippen LogP contribution in [-0.4, -0.2) is 22.3 Å². The minimum Gasteiger partial charge on any atom is -0.347 e. The lowest BCUT2D eigenvalue weighted by atomic mass is 10.1. The number of rotatable bonds is 4. The summed E-state index contributed by atoms with van der Waals surface area (Å²) in [6.07, 6.45) is 0. The monoisotopic (exact) mass is 467 g/mol. The average molecular weight is 467 g/mol. The van der Waals surface area contributed by atoms with Crippen LogP contribution in [0.1, 0.15) is 41.5 Å². The van der Waals surface area contributed by atoms with Gasteiger partial charge < -0.3 is 10.6 Å². The van der Waals surface area contributed by atoms with Gasteiger partial charge in [0.1, 0.15) is 0 Å². The topological polar surface area (TPSA) is 101 Å². The Labute approximate surface area is 164 Å². The number of amides is 2. The van der Waals surface area contributed by atoms with E-state index in [0.29, 0.717) is 14.8 Å².